The third-order valence-corrected chi connectivity index (χ3v) is 4.69. The molecular formula is C16H12BrCl2N5O3. The second kappa shape index (κ2) is 7.71. The summed E-state index contributed by atoms with van der Waals surface area (Å²) in [5, 5.41) is 4.51. The van der Waals surface area contributed by atoms with Crippen LogP contribution in [-0.2, 0) is 0 Å². The maximum absolute atomic E-state index is 12.5. The Hall–Kier alpha value is -2.36. The number of ether oxygens (including phenoxy) is 2. The zero-order valence-electron chi connectivity index (χ0n) is 14.0. The maximum Gasteiger partial charge on any atom is 0.271 e. The number of anilines is 1. The molecule has 2 aromatic heterocycles. The predicted octanol–water partition coefficient (Wildman–Crippen LogP) is 3.36. The average molecular weight is 473 g/mol. The Morgan fingerprint density at radius 1 is 1.15 bits per heavy atom. The van der Waals surface area contributed by atoms with E-state index in [4.69, 9.17) is 38.4 Å². The van der Waals surface area contributed by atoms with Crippen LogP contribution in [0.5, 0.6) is 11.5 Å². The topological polar surface area (TPSA) is 105 Å². The van der Waals surface area contributed by atoms with Crippen LogP contribution < -0.4 is 20.8 Å². The van der Waals surface area contributed by atoms with Crippen molar-refractivity contribution in [2.24, 2.45) is 0 Å². The molecule has 0 radical (unpaired) electrons. The fraction of sp³-hybridized carbons (Fsp3) is 0.125. The van der Waals surface area contributed by atoms with Crippen LogP contribution in [0.2, 0.25) is 10.0 Å². The minimum absolute atomic E-state index is 0.100. The standard InChI is InChI=1S/C16H12BrCl2N5O3/c1-26-8-5-9(27-2)13(19)15(12(8)18)24-11(25)4-3-7(23-24)14-16(20)21-6-10(17)22-14/h3-6H,1-2H3,(H2,20,21). The Balaban J connectivity index is 2.31. The average Bonchev–Trinajstić information content (AvgIpc) is 2.65. The molecule has 0 saturated carbocycles. The van der Waals surface area contributed by atoms with Gasteiger partial charge in [0.25, 0.3) is 5.56 Å². The number of hydrogen-bond donors (Lipinski definition) is 1. The molecule has 0 aliphatic rings. The van der Waals surface area contributed by atoms with Crippen molar-refractivity contribution in [2.75, 3.05) is 20.0 Å². The summed E-state index contributed by atoms with van der Waals surface area (Å²) in [6.07, 6.45) is 1.45. The van der Waals surface area contributed by atoms with Crippen molar-refractivity contribution in [1.29, 1.82) is 0 Å². The summed E-state index contributed by atoms with van der Waals surface area (Å²) in [5.74, 6) is 0.693. The van der Waals surface area contributed by atoms with E-state index >= 15 is 0 Å². The van der Waals surface area contributed by atoms with Gasteiger partial charge in [-0.05, 0) is 22.0 Å². The molecule has 0 fully saturated rings. The molecule has 27 heavy (non-hydrogen) atoms. The summed E-state index contributed by atoms with van der Waals surface area (Å²) >= 11 is 16.0. The molecule has 0 spiro atoms. The van der Waals surface area contributed by atoms with E-state index in [0.717, 1.165) is 4.68 Å². The molecule has 0 saturated heterocycles. The van der Waals surface area contributed by atoms with Gasteiger partial charge in [-0.1, -0.05) is 23.2 Å². The van der Waals surface area contributed by atoms with Crippen LogP contribution in [0.3, 0.4) is 0 Å². The van der Waals surface area contributed by atoms with E-state index < -0.39 is 5.56 Å². The summed E-state index contributed by atoms with van der Waals surface area (Å²) in [5.41, 5.74) is 6.12. The van der Waals surface area contributed by atoms with Crippen molar-refractivity contribution < 1.29 is 9.47 Å². The predicted molar refractivity (Wildman–Crippen MR) is 106 cm³/mol. The molecule has 0 bridgehead atoms. The highest BCUT2D eigenvalue weighted by Gasteiger charge is 2.21. The fourth-order valence-corrected chi connectivity index (χ4v) is 3.26. The first-order valence-corrected chi connectivity index (χ1v) is 8.91. The van der Waals surface area contributed by atoms with Crippen molar-refractivity contribution >= 4 is 44.9 Å². The molecule has 140 valence electrons. The van der Waals surface area contributed by atoms with Gasteiger partial charge in [-0.2, -0.15) is 9.78 Å². The van der Waals surface area contributed by atoms with Crippen LogP contribution in [0.1, 0.15) is 0 Å². The number of nitrogens with zero attached hydrogens (tertiary/aromatic N) is 4. The third-order valence-electron chi connectivity index (χ3n) is 3.58. The van der Waals surface area contributed by atoms with Gasteiger partial charge >= 0.3 is 0 Å². The second-order valence-electron chi connectivity index (χ2n) is 5.15. The number of rotatable bonds is 4. The SMILES string of the molecule is COc1cc(OC)c(Cl)c(-n2nc(-c3nc(Br)cnc3N)ccc2=O)c1Cl. The van der Waals surface area contributed by atoms with E-state index in [1.807, 2.05) is 0 Å². The van der Waals surface area contributed by atoms with Crippen LogP contribution in [-0.4, -0.2) is 34.0 Å². The first-order valence-electron chi connectivity index (χ1n) is 7.36. The monoisotopic (exact) mass is 471 g/mol. The molecule has 3 aromatic rings. The van der Waals surface area contributed by atoms with Crippen LogP contribution in [0, 0.1) is 0 Å². The van der Waals surface area contributed by atoms with Gasteiger partial charge < -0.3 is 15.2 Å². The Morgan fingerprint density at radius 2 is 1.78 bits per heavy atom. The van der Waals surface area contributed by atoms with Crippen LogP contribution in [0.4, 0.5) is 5.82 Å². The molecule has 11 heteroatoms. The number of hydrogen-bond acceptors (Lipinski definition) is 7. The van der Waals surface area contributed by atoms with Crippen molar-refractivity contribution in [1.82, 2.24) is 19.7 Å². The number of aromatic nitrogens is 4. The van der Waals surface area contributed by atoms with Gasteiger partial charge in [-0.3, -0.25) is 4.79 Å². The van der Waals surface area contributed by atoms with Crippen LogP contribution in [0.15, 0.2) is 33.8 Å². The lowest BCUT2D eigenvalue weighted by Gasteiger charge is -2.15. The number of benzene rings is 1. The molecule has 8 nitrogen and oxygen atoms in total. The molecule has 0 amide bonds. The molecule has 0 unspecified atom stereocenters. The highest BCUT2D eigenvalue weighted by molar-refractivity contribution is 9.10. The van der Waals surface area contributed by atoms with E-state index in [9.17, 15) is 4.79 Å². The Bertz CT molecular complexity index is 1060. The largest absolute Gasteiger partial charge is 0.495 e. The first-order chi connectivity index (χ1) is 12.9. The molecule has 2 N–H and O–H groups in total. The lowest BCUT2D eigenvalue weighted by atomic mass is 10.2. The lowest BCUT2D eigenvalue weighted by Crippen LogP contribution is -2.22. The van der Waals surface area contributed by atoms with Gasteiger partial charge in [0.2, 0.25) is 0 Å². The zero-order chi connectivity index (χ0) is 19.7. The van der Waals surface area contributed by atoms with Gasteiger partial charge in [0.1, 0.15) is 43.2 Å². The van der Waals surface area contributed by atoms with Gasteiger partial charge in [-0.15, -0.1) is 0 Å². The quantitative estimate of drug-likeness (QED) is 0.620. The van der Waals surface area contributed by atoms with Crippen molar-refractivity contribution in [3.63, 3.8) is 0 Å². The van der Waals surface area contributed by atoms with Crippen LogP contribution >= 0.6 is 39.1 Å². The van der Waals surface area contributed by atoms with E-state index in [0.29, 0.717) is 16.0 Å². The van der Waals surface area contributed by atoms with Gasteiger partial charge in [-0.25, -0.2) is 9.97 Å². The number of halogens is 3. The van der Waals surface area contributed by atoms with E-state index in [1.165, 1.54) is 38.6 Å². The number of nitrogen functional groups attached to an aromatic ring is 1. The van der Waals surface area contributed by atoms with Crippen molar-refractivity contribution in [2.45, 2.75) is 0 Å². The van der Waals surface area contributed by atoms with Gasteiger partial charge in [0.15, 0.2) is 5.82 Å². The lowest BCUT2D eigenvalue weighted by molar-refractivity contribution is 0.394. The Morgan fingerprint density at radius 3 is 2.37 bits per heavy atom. The zero-order valence-corrected chi connectivity index (χ0v) is 17.1. The Labute approximate surface area is 172 Å². The molecular weight excluding hydrogens is 461 g/mol. The molecule has 2 heterocycles. The molecule has 0 atom stereocenters. The van der Waals surface area contributed by atoms with Gasteiger partial charge in [0, 0.05) is 12.1 Å². The smallest absolute Gasteiger partial charge is 0.271 e. The summed E-state index contributed by atoms with van der Waals surface area (Å²) < 4.78 is 12.0. The van der Waals surface area contributed by atoms with E-state index in [-0.39, 0.29) is 33.0 Å². The summed E-state index contributed by atoms with van der Waals surface area (Å²) in [6.45, 7) is 0. The number of methoxy groups -OCH3 is 2. The normalized spacial score (nSPS) is 10.7. The molecule has 0 aliphatic heterocycles. The first kappa shape index (κ1) is 19.4. The molecule has 3 rings (SSSR count). The highest BCUT2D eigenvalue weighted by Crippen LogP contribution is 2.42. The van der Waals surface area contributed by atoms with Crippen molar-refractivity contribution in [3.05, 3.63) is 49.4 Å². The Kier molecular flexibility index (Phi) is 5.54. The van der Waals surface area contributed by atoms with Crippen molar-refractivity contribution in [3.8, 4) is 28.6 Å². The summed E-state index contributed by atoms with van der Waals surface area (Å²) in [6, 6.07) is 4.29. The second-order valence-corrected chi connectivity index (χ2v) is 6.72. The van der Waals surface area contributed by atoms with Gasteiger partial charge in [0.05, 0.1) is 20.4 Å². The minimum Gasteiger partial charge on any atom is -0.495 e. The number of nitrogens with two attached hydrogens (primary N) is 1. The fourth-order valence-electron chi connectivity index (χ4n) is 2.32. The van der Waals surface area contributed by atoms with Crippen LogP contribution in [0.25, 0.3) is 17.1 Å². The molecule has 1 aromatic carbocycles. The highest BCUT2D eigenvalue weighted by atomic mass is 79.9. The maximum atomic E-state index is 12.5. The van der Waals surface area contributed by atoms with E-state index in [2.05, 4.69) is 31.0 Å². The third kappa shape index (κ3) is 3.58. The summed E-state index contributed by atoms with van der Waals surface area (Å²) in [4.78, 5) is 20.8. The minimum atomic E-state index is -0.473. The molecule has 0 aliphatic carbocycles. The van der Waals surface area contributed by atoms with E-state index in [1.54, 1.807) is 0 Å². The summed E-state index contributed by atoms with van der Waals surface area (Å²) in [7, 11) is 2.87.